The SMILES string of the molecule is Nc1cc(Nc2ccccc2F)cc(C(=O)NC2Cc3ccccc3C2)n1. The topological polar surface area (TPSA) is 80.0 Å². The predicted molar refractivity (Wildman–Crippen MR) is 103 cm³/mol. The number of benzene rings is 2. The van der Waals surface area contributed by atoms with Gasteiger partial charge in [-0.15, -0.1) is 0 Å². The van der Waals surface area contributed by atoms with Crippen LogP contribution in [0.1, 0.15) is 21.6 Å². The zero-order valence-electron chi connectivity index (χ0n) is 14.6. The standard InChI is InChI=1S/C21H19FN4O/c22-17-7-3-4-8-18(17)24-16-11-19(26-20(23)12-16)21(27)25-15-9-13-5-1-2-6-14(13)10-15/h1-8,11-12,15H,9-10H2,(H,25,27)(H3,23,24,26). The van der Waals surface area contributed by atoms with Crippen molar-refractivity contribution in [1.82, 2.24) is 10.3 Å². The van der Waals surface area contributed by atoms with Crippen LogP contribution in [0.5, 0.6) is 0 Å². The summed E-state index contributed by atoms with van der Waals surface area (Å²) in [7, 11) is 0. The van der Waals surface area contributed by atoms with Gasteiger partial charge in [0.25, 0.3) is 5.91 Å². The summed E-state index contributed by atoms with van der Waals surface area (Å²) >= 11 is 0. The summed E-state index contributed by atoms with van der Waals surface area (Å²) in [4.78, 5) is 16.8. The Hall–Kier alpha value is -3.41. The number of amides is 1. The zero-order valence-corrected chi connectivity index (χ0v) is 14.6. The third-order valence-corrected chi connectivity index (χ3v) is 4.62. The Balaban J connectivity index is 1.50. The minimum absolute atomic E-state index is 0.0288. The molecule has 0 saturated carbocycles. The molecule has 6 heteroatoms. The lowest BCUT2D eigenvalue weighted by molar-refractivity contribution is 0.0933. The number of carbonyl (C=O) groups excluding carboxylic acids is 1. The van der Waals surface area contributed by atoms with Gasteiger partial charge in [-0.05, 0) is 42.2 Å². The summed E-state index contributed by atoms with van der Waals surface area (Å²) < 4.78 is 13.8. The van der Waals surface area contributed by atoms with Crippen molar-refractivity contribution >= 4 is 23.1 Å². The minimum Gasteiger partial charge on any atom is -0.384 e. The third-order valence-electron chi connectivity index (χ3n) is 4.62. The molecule has 2 aromatic carbocycles. The number of nitrogens with two attached hydrogens (primary N) is 1. The van der Waals surface area contributed by atoms with Crippen LogP contribution in [-0.2, 0) is 12.8 Å². The first kappa shape index (κ1) is 17.0. The van der Waals surface area contributed by atoms with Gasteiger partial charge in [-0.3, -0.25) is 4.79 Å². The number of carbonyl (C=O) groups is 1. The molecule has 0 atom stereocenters. The first-order chi connectivity index (χ1) is 13.1. The predicted octanol–water partition coefficient (Wildman–Crippen LogP) is 3.44. The number of anilines is 3. The van der Waals surface area contributed by atoms with E-state index in [1.54, 1.807) is 30.3 Å². The number of fused-ring (bicyclic) bond motifs is 1. The molecule has 136 valence electrons. The molecule has 0 radical (unpaired) electrons. The van der Waals surface area contributed by atoms with Crippen LogP contribution in [0.15, 0.2) is 60.7 Å². The number of rotatable bonds is 4. The third kappa shape index (κ3) is 3.74. The van der Waals surface area contributed by atoms with Crippen molar-refractivity contribution in [3.05, 3.63) is 83.3 Å². The lowest BCUT2D eigenvalue weighted by Gasteiger charge is -2.13. The molecule has 0 spiro atoms. The molecule has 1 aliphatic rings. The fourth-order valence-electron chi connectivity index (χ4n) is 3.38. The van der Waals surface area contributed by atoms with E-state index in [4.69, 9.17) is 5.73 Å². The maximum atomic E-state index is 13.8. The quantitative estimate of drug-likeness (QED) is 0.664. The van der Waals surface area contributed by atoms with E-state index in [0.717, 1.165) is 12.8 Å². The number of nitrogens with zero attached hydrogens (tertiary/aromatic N) is 1. The molecule has 1 heterocycles. The fourth-order valence-corrected chi connectivity index (χ4v) is 3.38. The summed E-state index contributed by atoms with van der Waals surface area (Å²) in [6.07, 6.45) is 1.59. The van der Waals surface area contributed by atoms with Gasteiger partial charge in [-0.25, -0.2) is 9.37 Å². The van der Waals surface area contributed by atoms with Crippen LogP contribution in [0.25, 0.3) is 0 Å². The van der Waals surface area contributed by atoms with Crippen molar-refractivity contribution in [2.45, 2.75) is 18.9 Å². The van der Waals surface area contributed by atoms with Crippen molar-refractivity contribution in [3.63, 3.8) is 0 Å². The maximum Gasteiger partial charge on any atom is 0.270 e. The van der Waals surface area contributed by atoms with Gasteiger partial charge < -0.3 is 16.4 Å². The van der Waals surface area contributed by atoms with Gasteiger partial charge in [0.15, 0.2) is 0 Å². The van der Waals surface area contributed by atoms with Gasteiger partial charge in [-0.2, -0.15) is 0 Å². The van der Waals surface area contributed by atoms with Crippen molar-refractivity contribution in [3.8, 4) is 0 Å². The van der Waals surface area contributed by atoms with Gasteiger partial charge >= 0.3 is 0 Å². The molecule has 4 N–H and O–H groups in total. The van der Waals surface area contributed by atoms with Crippen LogP contribution in [-0.4, -0.2) is 16.9 Å². The molecule has 27 heavy (non-hydrogen) atoms. The van der Waals surface area contributed by atoms with Crippen LogP contribution in [0.4, 0.5) is 21.6 Å². The number of pyridine rings is 1. The monoisotopic (exact) mass is 362 g/mol. The normalized spacial score (nSPS) is 13.2. The Kier molecular flexibility index (Phi) is 4.46. The second-order valence-electron chi connectivity index (χ2n) is 6.62. The Morgan fingerprint density at radius 2 is 1.70 bits per heavy atom. The number of nitrogen functional groups attached to an aromatic ring is 1. The molecule has 1 amide bonds. The molecule has 1 aromatic heterocycles. The number of para-hydroxylation sites is 1. The highest BCUT2D eigenvalue weighted by Crippen LogP contribution is 2.23. The van der Waals surface area contributed by atoms with Crippen molar-refractivity contribution < 1.29 is 9.18 Å². The van der Waals surface area contributed by atoms with Crippen molar-refractivity contribution in [2.24, 2.45) is 0 Å². The first-order valence-corrected chi connectivity index (χ1v) is 8.75. The molecular formula is C21H19FN4O. The number of nitrogens with one attached hydrogen (secondary N) is 2. The molecule has 0 unspecified atom stereocenters. The lowest BCUT2D eigenvalue weighted by Crippen LogP contribution is -2.35. The highest BCUT2D eigenvalue weighted by atomic mass is 19.1. The summed E-state index contributed by atoms with van der Waals surface area (Å²) in [6.45, 7) is 0. The molecule has 5 nitrogen and oxygen atoms in total. The number of hydrogen-bond acceptors (Lipinski definition) is 4. The van der Waals surface area contributed by atoms with Crippen LogP contribution in [0, 0.1) is 5.82 Å². The van der Waals surface area contributed by atoms with E-state index in [9.17, 15) is 9.18 Å². The van der Waals surface area contributed by atoms with Gasteiger partial charge in [-0.1, -0.05) is 36.4 Å². The fraction of sp³-hybridized carbons (Fsp3) is 0.143. The first-order valence-electron chi connectivity index (χ1n) is 8.75. The Bertz CT molecular complexity index is 980. The van der Waals surface area contributed by atoms with E-state index in [1.807, 2.05) is 12.1 Å². The smallest absolute Gasteiger partial charge is 0.270 e. The Morgan fingerprint density at radius 3 is 2.41 bits per heavy atom. The molecular weight excluding hydrogens is 343 g/mol. The van der Waals surface area contributed by atoms with Gasteiger partial charge in [0, 0.05) is 17.8 Å². The van der Waals surface area contributed by atoms with E-state index in [0.29, 0.717) is 11.4 Å². The van der Waals surface area contributed by atoms with Gasteiger partial charge in [0.1, 0.15) is 17.3 Å². The Morgan fingerprint density at radius 1 is 1.04 bits per heavy atom. The molecule has 0 fully saturated rings. The molecule has 1 aliphatic carbocycles. The van der Waals surface area contributed by atoms with Crippen molar-refractivity contribution in [2.75, 3.05) is 11.1 Å². The van der Waals surface area contributed by atoms with E-state index in [1.165, 1.54) is 17.2 Å². The van der Waals surface area contributed by atoms with Crippen LogP contribution in [0.3, 0.4) is 0 Å². The molecule has 0 aliphatic heterocycles. The number of hydrogen-bond donors (Lipinski definition) is 3. The molecule has 3 aromatic rings. The molecule has 0 bridgehead atoms. The zero-order chi connectivity index (χ0) is 18.8. The largest absolute Gasteiger partial charge is 0.384 e. The van der Waals surface area contributed by atoms with Gasteiger partial charge in [0.2, 0.25) is 0 Å². The van der Waals surface area contributed by atoms with Crippen molar-refractivity contribution in [1.29, 1.82) is 0 Å². The average Bonchev–Trinajstić information content (AvgIpc) is 3.05. The van der Waals surface area contributed by atoms with Crippen LogP contribution >= 0.6 is 0 Å². The number of aromatic nitrogens is 1. The highest BCUT2D eigenvalue weighted by Gasteiger charge is 2.23. The number of halogens is 1. The summed E-state index contributed by atoms with van der Waals surface area (Å²) in [5.74, 6) is -0.490. The van der Waals surface area contributed by atoms with Crippen LogP contribution < -0.4 is 16.4 Å². The highest BCUT2D eigenvalue weighted by molar-refractivity contribution is 5.94. The minimum atomic E-state index is -0.386. The summed E-state index contributed by atoms with van der Waals surface area (Å²) in [5.41, 5.74) is 9.36. The van der Waals surface area contributed by atoms with E-state index in [2.05, 4.69) is 27.8 Å². The van der Waals surface area contributed by atoms with E-state index >= 15 is 0 Å². The maximum absolute atomic E-state index is 13.8. The summed E-state index contributed by atoms with van der Waals surface area (Å²) in [6, 6.07) is 17.6. The Labute approximate surface area is 156 Å². The molecule has 4 rings (SSSR count). The summed E-state index contributed by atoms with van der Waals surface area (Å²) in [5, 5.41) is 5.95. The second kappa shape index (κ2) is 7.07. The molecule has 0 saturated heterocycles. The van der Waals surface area contributed by atoms with Gasteiger partial charge in [0.05, 0.1) is 5.69 Å². The van der Waals surface area contributed by atoms with E-state index < -0.39 is 0 Å². The second-order valence-corrected chi connectivity index (χ2v) is 6.62. The average molecular weight is 362 g/mol. The van der Waals surface area contributed by atoms with Crippen LogP contribution in [0.2, 0.25) is 0 Å². The van der Waals surface area contributed by atoms with E-state index in [-0.39, 0.29) is 29.3 Å². The lowest BCUT2D eigenvalue weighted by atomic mass is 10.1.